The highest BCUT2D eigenvalue weighted by molar-refractivity contribution is 5.89. The van der Waals surface area contributed by atoms with E-state index in [1.807, 2.05) is 0 Å². The zero-order chi connectivity index (χ0) is 16.5. The van der Waals surface area contributed by atoms with Gasteiger partial charge in [0.05, 0.1) is 12.8 Å². The second-order valence-electron chi connectivity index (χ2n) is 3.09. The first-order valence-corrected chi connectivity index (χ1v) is 4.43. The van der Waals surface area contributed by atoms with Crippen LogP contribution in [0.4, 0.5) is 9.59 Å². The lowest BCUT2D eigenvalue weighted by Crippen LogP contribution is -2.46. The fourth-order valence-electron chi connectivity index (χ4n) is 0.985. The number of carboxylic acids is 3. The molecule has 0 aromatic heterocycles. The Balaban J connectivity index is 0. The van der Waals surface area contributed by atoms with E-state index in [0.29, 0.717) is 0 Å². The molecule has 0 aliphatic heterocycles. The zero-order valence-corrected chi connectivity index (χ0v) is 9.55. The van der Waals surface area contributed by atoms with E-state index in [9.17, 15) is 19.2 Å². The predicted octanol–water partition coefficient (Wildman–Crippen LogP) is -0.324. The van der Waals surface area contributed by atoms with Crippen molar-refractivity contribution in [3.63, 3.8) is 0 Å². The fraction of sp³-hybridized carbons (Fsp3) is 0.375. The smallest absolute Gasteiger partial charge is 0.481 e. The van der Waals surface area contributed by atoms with E-state index in [2.05, 4.69) is 4.74 Å². The van der Waals surface area contributed by atoms with Gasteiger partial charge in [-0.25, -0.2) is 14.4 Å². The van der Waals surface area contributed by atoms with Crippen molar-refractivity contribution < 1.29 is 59.3 Å². The Labute approximate surface area is 109 Å². The Kier molecular flexibility index (Phi) is 7.84. The van der Waals surface area contributed by atoms with E-state index in [1.54, 1.807) is 0 Å². The van der Waals surface area contributed by atoms with Crippen molar-refractivity contribution in [2.24, 2.45) is 0 Å². The first kappa shape index (κ1) is 19.3. The first-order valence-electron chi connectivity index (χ1n) is 4.43. The van der Waals surface area contributed by atoms with Crippen LogP contribution in [0.25, 0.3) is 0 Å². The predicted molar refractivity (Wildman–Crippen MR) is 54.6 cm³/mol. The summed E-state index contributed by atoms with van der Waals surface area (Å²) in [4.78, 5) is 50.2. The topological polar surface area (TPSA) is 216 Å². The summed E-state index contributed by atoms with van der Waals surface area (Å²) in [6, 6.07) is 0. The Bertz CT molecular complexity index is 365. The third-order valence-electron chi connectivity index (χ3n) is 1.55. The quantitative estimate of drug-likeness (QED) is 0.347. The van der Waals surface area contributed by atoms with Gasteiger partial charge in [-0.2, -0.15) is 0 Å². The van der Waals surface area contributed by atoms with Crippen LogP contribution in [0.1, 0.15) is 12.8 Å². The number of carboxylic acid groups (broad SMARTS) is 6. The lowest BCUT2D eigenvalue weighted by molar-refractivity contribution is -0.172. The van der Waals surface area contributed by atoms with Crippen LogP contribution >= 0.6 is 0 Å². The van der Waals surface area contributed by atoms with Gasteiger partial charge >= 0.3 is 30.2 Å². The molecule has 0 saturated carbocycles. The maximum absolute atomic E-state index is 10.7. The number of hydrogen-bond donors (Lipinski definition) is 6. The summed E-state index contributed by atoms with van der Waals surface area (Å²) in [6.45, 7) is 0. The van der Waals surface area contributed by atoms with Crippen LogP contribution in [0.15, 0.2) is 0 Å². The number of ether oxygens (including phenoxy) is 1. The molecule has 20 heavy (non-hydrogen) atoms. The molecule has 12 nitrogen and oxygen atoms in total. The molecule has 0 bridgehead atoms. The highest BCUT2D eigenvalue weighted by Gasteiger charge is 2.47. The second-order valence-corrected chi connectivity index (χ2v) is 3.09. The normalized spacial score (nSPS) is 9.60. The minimum Gasteiger partial charge on any atom is -0.481 e. The van der Waals surface area contributed by atoms with E-state index < -0.39 is 48.7 Å². The summed E-state index contributed by atoms with van der Waals surface area (Å²) in [5, 5.41) is 47.6. The third kappa shape index (κ3) is 9.03. The fourth-order valence-corrected chi connectivity index (χ4v) is 0.985. The van der Waals surface area contributed by atoms with E-state index >= 15 is 0 Å². The highest BCUT2D eigenvalue weighted by Crippen LogP contribution is 2.22. The zero-order valence-electron chi connectivity index (χ0n) is 9.55. The second kappa shape index (κ2) is 8.12. The van der Waals surface area contributed by atoms with Crippen molar-refractivity contribution >= 4 is 30.2 Å². The maximum Gasteiger partial charge on any atom is 0.506 e. The molecular weight excluding hydrogens is 288 g/mol. The monoisotopic (exact) mass is 298 g/mol. The van der Waals surface area contributed by atoms with Crippen LogP contribution in [0.2, 0.25) is 0 Å². The highest BCUT2D eigenvalue weighted by atomic mass is 16.7. The molecule has 0 aliphatic carbocycles. The Morgan fingerprint density at radius 1 is 0.750 bits per heavy atom. The average Bonchev–Trinajstić information content (AvgIpc) is 2.11. The van der Waals surface area contributed by atoms with Crippen molar-refractivity contribution in [3.05, 3.63) is 0 Å². The Morgan fingerprint density at radius 3 is 1.20 bits per heavy atom. The molecule has 0 fully saturated rings. The van der Waals surface area contributed by atoms with Gasteiger partial charge in [0.25, 0.3) is 0 Å². The minimum atomic E-state index is -2.82. The van der Waals surface area contributed by atoms with Crippen LogP contribution in [-0.4, -0.2) is 66.5 Å². The van der Waals surface area contributed by atoms with E-state index in [4.69, 9.17) is 35.4 Å². The molecule has 0 atom stereocenters. The summed E-state index contributed by atoms with van der Waals surface area (Å²) in [7, 11) is 0. The van der Waals surface area contributed by atoms with Gasteiger partial charge in [-0.15, -0.1) is 0 Å². The molecule has 114 valence electrons. The SMILES string of the molecule is O=C(O)CC(CC(=O)O)(OC(=O)O)C(=O)O.O=C(O)O. The number of carbonyl (C=O) groups is 5. The van der Waals surface area contributed by atoms with Crippen LogP contribution < -0.4 is 0 Å². The van der Waals surface area contributed by atoms with Gasteiger partial charge in [-0.05, 0) is 0 Å². The van der Waals surface area contributed by atoms with Crippen LogP contribution in [0, 0.1) is 0 Å². The Hall–Kier alpha value is -3.05. The molecule has 0 rings (SSSR count). The standard InChI is InChI=1S/C7H8O9.CH2O3/c8-3(9)1-7(5(12)13,2-4(10)11)16-6(14)15;2-1(3)4/h1-2H2,(H,8,9)(H,10,11)(H,12,13)(H,14,15);(H2,2,3,4). The summed E-state index contributed by atoms with van der Waals surface area (Å²) in [5.74, 6) is -5.35. The average molecular weight is 298 g/mol. The number of aliphatic carboxylic acids is 3. The molecule has 12 heteroatoms. The molecule has 0 amide bonds. The Morgan fingerprint density at radius 2 is 1.05 bits per heavy atom. The van der Waals surface area contributed by atoms with Crippen molar-refractivity contribution in [1.29, 1.82) is 0 Å². The van der Waals surface area contributed by atoms with Crippen molar-refractivity contribution in [2.75, 3.05) is 0 Å². The molecule has 6 N–H and O–H groups in total. The molecule has 0 aromatic rings. The van der Waals surface area contributed by atoms with Crippen LogP contribution in [0.5, 0.6) is 0 Å². The molecule has 0 aliphatic rings. The van der Waals surface area contributed by atoms with Gasteiger partial charge in [0, 0.05) is 0 Å². The van der Waals surface area contributed by atoms with Gasteiger partial charge < -0.3 is 35.4 Å². The van der Waals surface area contributed by atoms with Gasteiger partial charge in [-0.3, -0.25) is 9.59 Å². The minimum absolute atomic E-state index is 1.28. The van der Waals surface area contributed by atoms with E-state index in [0.717, 1.165) is 0 Å². The van der Waals surface area contributed by atoms with Crippen molar-refractivity contribution in [3.8, 4) is 0 Å². The molecule has 0 heterocycles. The van der Waals surface area contributed by atoms with E-state index in [1.165, 1.54) is 0 Å². The van der Waals surface area contributed by atoms with Crippen molar-refractivity contribution in [1.82, 2.24) is 0 Å². The van der Waals surface area contributed by atoms with Gasteiger partial charge in [0.15, 0.2) is 0 Å². The van der Waals surface area contributed by atoms with Gasteiger partial charge in [-0.1, -0.05) is 0 Å². The van der Waals surface area contributed by atoms with Gasteiger partial charge in [0.2, 0.25) is 5.60 Å². The summed E-state index contributed by atoms with van der Waals surface area (Å²) < 4.78 is 3.88. The summed E-state index contributed by atoms with van der Waals surface area (Å²) in [5.41, 5.74) is -2.82. The summed E-state index contributed by atoms with van der Waals surface area (Å²) in [6.07, 6.45) is -6.45. The van der Waals surface area contributed by atoms with Crippen molar-refractivity contribution in [2.45, 2.75) is 18.4 Å². The van der Waals surface area contributed by atoms with Crippen LogP contribution in [-0.2, 0) is 19.1 Å². The first-order chi connectivity index (χ1) is 8.92. The lowest BCUT2D eigenvalue weighted by atomic mass is 9.95. The maximum atomic E-state index is 10.7. The molecule has 0 radical (unpaired) electrons. The third-order valence-corrected chi connectivity index (χ3v) is 1.55. The summed E-state index contributed by atoms with van der Waals surface area (Å²) >= 11 is 0. The molecular formula is C8H10O12. The largest absolute Gasteiger partial charge is 0.506 e. The van der Waals surface area contributed by atoms with E-state index in [-0.39, 0.29) is 0 Å². The van der Waals surface area contributed by atoms with Gasteiger partial charge in [0.1, 0.15) is 0 Å². The molecule has 0 aromatic carbocycles. The molecule has 0 saturated heterocycles. The van der Waals surface area contributed by atoms with Crippen LogP contribution in [0.3, 0.4) is 0 Å². The number of rotatable bonds is 6. The molecule has 0 unspecified atom stereocenters. The number of hydrogen-bond acceptors (Lipinski definition) is 6. The lowest BCUT2D eigenvalue weighted by Gasteiger charge is -2.24. The molecule has 0 spiro atoms.